The highest BCUT2D eigenvalue weighted by atomic mass is 32.2. The molecule has 4 rings (SSSR count). The molecule has 0 spiro atoms. The number of anilines is 1. The van der Waals surface area contributed by atoms with Gasteiger partial charge in [0.15, 0.2) is 9.84 Å². The number of fused-ring (bicyclic) bond motifs is 1. The molecule has 0 heterocycles. The lowest BCUT2D eigenvalue weighted by Crippen LogP contribution is -2.28. The monoisotopic (exact) mass is 446 g/mol. The third kappa shape index (κ3) is 5.25. The average molecular weight is 447 g/mol. The van der Waals surface area contributed by atoms with E-state index in [1.807, 2.05) is 42.5 Å². The second-order valence-electron chi connectivity index (χ2n) is 7.32. The smallest absolute Gasteiger partial charge is 0.319 e. The van der Waals surface area contributed by atoms with E-state index < -0.39 is 9.84 Å². The Labute approximate surface area is 186 Å². The number of rotatable bonds is 6. The molecule has 0 radical (unpaired) electrons. The molecule has 0 fully saturated rings. The van der Waals surface area contributed by atoms with Crippen molar-refractivity contribution in [1.29, 1.82) is 0 Å². The Hall–Kier alpha value is -3.84. The minimum absolute atomic E-state index is 0.235. The molecule has 0 aliphatic carbocycles. The summed E-state index contributed by atoms with van der Waals surface area (Å²) in [4.78, 5) is 12.5. The van der Waals surface area contributed by atoms with Crippen molar-refractivity contribution in [3.8, 4) is 11.5 Å². The quantitative estimate of drug-likeness (QED) is 0.418. The van der Waals surface area contributed by atoms with E-state index >= 15 is 0 Å². The van der Waals surface area contributed by atoms with Gasteiger partial charge in [-0.15, -0.1) is 0 Å². The Balaban J connectivity index is 1.33. The van der Waals surface area contributed by atoms with Crippen molar-refractivity contribution in [1.82, 2.24) is 5.32 Å². The number of ether oxygens (including phenoxy) is 1. The number of hydrogen-bond acceptors (Lipinski definition) is 4. The Bertz CT molecular complexity index is 1340. The summed E-state index contributed by atoms with van der Waals surface area (Å²) in [5, 5.41) is 7.93. The molecule has 7 heteroatoms. The number of carbonyl (C=O) groups is 1. The van der Waals surface area contributed by atoms with E-state index in [2.05, 4.69) is 10.6 Å². The molecule has 6 nitrogen and oxygen atoms in total. The van der Waals surface area contributed by atoms with Crippen molar-refractivity contribution in [2.75, 3.05) is 11.6 Å². The van der Waals surface area contributed by atoms with Gasteiger partial charge in [-0.05, 0) is 64.9 Å². The first-order chi connectivity index (χ1) is 15.4. The number of urea groups is 1. The molecular formula is C25H22N2O4S. The molecule has 2 amide bonds. The van der Waals surface area contributed by atoms with Crippen LogP contribution < -0.4 is 15.4 Å². The van der Waals surface area contributed by atoms with E-state index in [-0.39, 0.29) is 10.9 Å². The summed E-state index contributed by atoms with van der Waals surface area (Å²) in [5.74, 6) is 1.09. The summed E-state index contributed by atoms with van der Waals surface area (Å²) in [6, 6.07) is 26.9. The number of benzene rings is 4. The van der Waals surface area contributed by atoms with Crippen molar-refractivity contribution in [3.05, 3.63) is 96.6 Å². The van der Waals surface area contributed by atoms with Crippen LogP contribution in [0.1, 0.15) is 5.56 Å². The van der Waals surface area contributed by atoms with Crippen molar-refractivity contribution >= 4 is 32.3 Å². The normalized spacial score (nSPS) is 11.2. The van der Waals surface area contributed by atoms with Gasteiger partial charge in [-0.1, -0.05) is 42.5 Å². The zero-order chi connectivity index (χ0) is 22.6. The van der Waals surface area contributed by atoms with E-state index in [4.69, 9.17) is 4.74 Å². The highest BCUT2D eigenvalue weighted by molar-refractivity contribution is 7.90. The molecule has 162 valence electrons. The highest BCUT2D eigenvalue weighted by Gasteiger charge is 2.08. The molecule has 0 aliphatic rings. The maximum Gasteiger partial charge on any atom is 0.319 e. The van der Waals surface area contributed by atoms with Gasteiger partial charge in [-0.25, -0.2) is 13.2 Å². The van der Waals surface area contributed by atoms with E-state index in [0.717, 1.165) is 22.6 Å². The predicted octanol–water partition coefficient (Wildman–Crippen LogP) is 5.36. The molecule has 0 aromatic heterocycles. The van der Waals surface area contributed by atoms with Gasteiger partial charge in [0.25, 0.3) is 0 Å². The van der Waals surface area contributed by atoms with Gasteiger partial charge in [0.1, 0.15) is 11.5 Å². The lowest BCUT2D eigenvalue weighted by Gasteiger charge is -2.11. The number of amides is 2. The molecule has 0 aliphatic heterocycles. The Morgan fingerprint density at radius 1 is 0.812 bits per heavy atom. The van der Waals surface area contributed by atoms with Gasteiger partial charge in [-0.3, -0.25) is 0 Å². The van der Waals surface area contributed by atoms with Gasteiger partial charge < -0.3 is 15.4 Å². The van der Waals surface area contributed by atoms with Gasteiger partial charge in [0.2, 0.25) is 0 Å². The fraction of sp³-hybridized carbons (Fsp3) is 0.0800. The van der Waals surface area contributed by atoms with Crippen LogP contribution in [0.25, 0.3) is 10.8 Å². The topological polar surface area (TPSA) is 84.5 Å². The Morgan fingerprint density at radius 3 is 2.12 bits per heavy atom. The molecule has 4 aromatic carbocycles. The molecule has 32 heavy (non-hydrogen) atoms. The van der Waals surface area contributed by atoms with Crippen molar-refractivity contribution < 1.29 is 17.9 Å². The third-order valence-electron chi connectivity index (χ3n) is 4.92. The van der Waals surface area contributed by atoms with Gasteiger partial charge in [-0.2, -0.15) is 0 Å². The summed E-state index contributed by atoms with van der Waals surface area (Å²) in [5.41, 5.74) is 1.67. The zero-order valence-electron chi connectivity index (χ0n) is 17.4. The highest BCUT2D eigenvalue weighted by Crippen LogP contribution is 2.24. The average Bonchev–Trinajstić information content (AvgIpc) is 2.79. The van der Waals surface area contributed by atoms with Crippen molar-refractivity contribution in [2.24, 2.45) is 0 Å². The summed E-state index contributed by atoms with van der Waals surface area (Å²) in [6.07, 6.45) is 1.16. The van der Waals surface area contributed by atoms with Crippen LogP contribution in [-0.4, -0.2) is 20.7 Å². The second-order valence-corrected chi connectivity index (χ2v) is 9.33. The maximum absolute atomic E-state index is 12.3. The number of carbonyl (C=O) groups excluding carboxylic acids is 1. The largest absolute Gasteiger partial charge is 0.457 e. The molecule has 0 atom stereocenters. The van der Waals surface area contributed by atoms with Crippen LogP contribution in [0, 0.1) is 0 Å². The molecule has 0 saturated heterocycles. The number of nitrogens with one attached hydrogen (secondary N) is 2. The van der Waals surface area contributed by atoms with Crippen LogP contribution in [0.3, 0.4) is 0 Å². The van der Waals surface area contributed by atoms with Gasteiger partial charge in [0, 0.05) is 18.5 Å². The van der Waals surface area contributed by atoms with Gasteiger partial charge in [0.05, 0.1) is 4.90 Å². The van der Waals surface area contributed by atoms with Crippen LogP contribution in [0.5, 0.6) is 11.5 Å². The SMILES string of the molecule is CS(=O)(=O)c1ccc(Oc2ccc(NC(=O)NCc3cccc4ccccc34)cc2)cc1. The molecule has 4 aromatic rings. The van der Waals surface area contributed by atoms with Gasteiger partial charge >= 0.3 is 6.03 Å². The summed E-state index contributed by atoms with van der Waals surface area (Å²) in [6.45, 7) is 0.415. The van der Waals surface area contributed by atoms with Crippen LogP contribution in [-0.2, 0) is 16.4 Å². The summed E-state index contributed by atoms with van der Waals surface area (Å²) in [7, 11) is -3.24. The fourth-order valence-corrected chi connectivity index (χ4v) is 3.93. The number of sulfone groups is 1. The summed E-state index contributed by atoms with van der Waals surface area (Å²) < 4.78 is 28.8. The first kappa shape index (κ1) is 21.4. The minimum Gasteiger partial charge on any atom is -0.457 e. The van der Waals surface area contributed by atoms with E-state index in [1.165, 1.54) is 12.1 Å². The lowest BCUT2D eigenvalue weighted by atomic mass is 10.0. The minimum atomic E-state index is -3.24. The molecular weight excluding hydrogens is 424 g/mol. The van der Waals surface area contributed by atoms with Crippen LogP contribution in [0.4, 0.5) is 10.5 Å². The maximum atomic E-state index is 12.3. The first-order valence-electron chi connectivity index (χ1n) is 9.98. The van der Waals surface area contributed by atoms with Crippen molar-refractivity contribution in [3.63, 3.8) is 0 Å². The molecule has 2 N–H and O–H groups in total. The van der Waals surface area contributed by atoms with E-state index in [1.54, 1.807) is 36.4 Å². The standard InChI is InChI=1S/C25H22N2O4S/c1-32(29,30)23-15-13-22(14-16-23)31-21-11-9-20(10-12-21)27-25(28)26-17-19-7-4-6-18-5-2-3-8-24(18)19/h2-16H,17H2,1H3,(H2,26,27,28). The van der Waals surface area contributed by atoms with E-state index in [9.17, 15) is 13.2 Å². The number of hydrogen-bond donors (Lipinski definition) is 2. The van der Waals surface area contributed by atoms with Crippen LogP contribution >= 0.6 is 0 Å². The lowest BCUT2D eigenvalue weighted by molar-refractivity contribution is 0.252. The molecule has 0 saturated carbocycles. The fourth-order valence-electron chi connectivity index (χ4n) is 3.29. The van der Waals surface area contributed by atoms with Crippen LogP contribution in [0.15, 0.2) is 95.9 Å². The Morgan fingerprint density at radius 2 is 1.44 bits per heavy atom. The Kier molecular flexibility index (Phi) is 6.09. The molecule has 0 unspecified atom stereocenters. The third-order valence-corrected chi connectivity index (χ3v) is 6.05. The van der Waals surface area contributed by atoms with Crippen molar-refractivity contribution in [2.45, 2.75) is 11.4 Å². The molecule has 0 bridgehead atoms. The zero-order valence-corrected chi connectivity index (χ0v) is 18.2. The first-order valence-corrected chi connectivity index (χ1v) is 11.9. The summed E-state index contributed by atoms with van der Waals surface area (Å²) >= 11 is 0. The second kappa shape index (κ2) is 9.11. The van der Waals surface area contributed by atoms with Crippen LogP contribution in [0.2, 0.25) is 0 Å². The van der Waals surface area contributed by atoms with E-state index in [0.29, 0.717) is 23.7 Å². The predicted molar refractivity (Wildman–Crippen MR) is 126 cm³/mol.